The molecule has 2 rings (SSSR count). The first-order valence-corrected chi connectivity index (χ1v) is 10.1. The summed E-state index contributed by atoms with van der Waals surface area (Å²) >= 11 is 5.16. The number of amides is 1. The van der Waals surface area contributed by atoms with E-state index in [9.17, 15) is 4.79 Å². The Balaban J connectivity index is 1.77. The van der Waals surface area contributed by atoms with Gasteiger partial charge in [-0.2, -0.15) is 0 Å². The third-order valence-electron chi connectivity index (χ3n) is 4.26. The Morgan fingerprint density at radius 2 is 1.80 bits per heavy atom. The SMILES string of the molecule is COc1ccc(/C=C/C(=O)NC(=S)NCCOc2ccccc2C(C)C)cc1OC. The molecular weight excluding hydrogens is 400 g/mol. The number of nitrogens with one attached hydrogen (secondary N) is 2. The topological polar surface area (TPSA) is 68.8 Å². The Morgan fingerprint density at radius 1 is 1.07 bits per heavy atom. The van der Waals surface area contributed by atoms with Crippen LogP contribution in [-0.2, 0) is 4.79 Å². The van der Waals surface area contributed by atoms with Crippen LogP contribution in [-0.4, -0.2) is 38.4 Å². The maximum absolute atomic E-state index is 12.1. The number of hydrogen-bond donors (Lipinski definition) is 2. The molecule has 0 aromatic heterocycles. The summed E-state index contributed by atoms with van der Waals surface area (Å²) in [6.07, 6.45) is 3.08. The molecule has 2 aromatic rings. The molecule has 0 bridgehead atoms. The second-order valence-electron chi connectivity index (χ2n) is 6.73. The van der Waals surface area contributed by atoms with E-state index >= 15 is 0 Å². The number of thiocarbonyl (C=S) groups is 1. The van der Waals surface area contributed by atoms with Gasteiger partial charge in [-0.25, -0.2) is 0 Å². The standard InChI is InChI=1S/C23H28N2O4S/c1-16(2)18-7-5-6-8-19(18)29-14-13-24-23(30)25-22(26)12-10-17-9-11-20(27-3)21(15-17)28-4/h5-12,15-16H,13-14H2,1-4H3,(H2,24,25,26,30)/b12-10+. The maximum Gasteiger partial charge on any atom is 0.250 e. The minimum absolute atomic E-state index is 0.248. The second kappa shape index (κ2) is 11.8. The molecule has 0 aliphatic carbocycles. The number of ether oxygens (including phenoxy) is 3. The minimum atomic E-state index is -0.326. The van der Waals surface area contributed by atoms with Gasteiger partial charge in [0.05, 0.1) is 20.8 Å². The average molecular weight is 429 g/mol. The van der Waals surface area contributed by atoms with Crippen molar-refractivity contribution in [2.75, 3.05) is 27.4 Å². The van der Waals surface area contributed by atoms with E-state index in [1.807, 2.05) is 24.3 Å². The first-order valence-electron chi connectivity index (χ1n) is 9.65. The van der Waals surface area contributed by atoms with Gasteiger partial charge in [-0.15, -0.1) is 0 Å². The van der Waals surface area contributed by atoms with Gasteiger partial charge in [-0.1, -0.05) is 38.1 Å². The molecule has 0 aliphatic heterocycles. The number of methoxy groups -OCH3 is 2. The number of rotatable bonds is 9. The maximum atomic E-state index is 12.1. The van der Waals surface area contributed by atoms with E-state index in [1.54, 1.807) is 32.4 Å². The van der Waals surface area contributed by atoms with Crippen LogP contribution < -0.4 is 24.8 Å². The summed E-state index contributed by atoms with van der Waals surface area (Å²) in [5.41, 5.74) is 1.97. The summed E-state index contributed by atoms with van der Waals surface area (Å²) in [5, 5.41) is 5.83. The molecule has 2 aromatic carbocycles. The van der Waals surface area contributed by atoms with Crippen LogP contribution in [0.3, 0.4) is 0 Å². The molecule has 0 radical (unpaired) electrons. The summed E-state index contributed by atoms with van der Waals surface area (Å²) in [7, 11) is 3.14. The summed E-state index contributed by atoms with van der Waals surface area (Å²) in [4.78, 5) is 12.1. The van der Waals surface area contributed by atoms with Crippen LogP contribution in [0, 0.1) is 0 Å². The molecule has 6 nitrogen and oxygen atoms in total. The van der Waals surface area contributed by atoms with Crippen molar-refractivity contribution >= 4 is 29.3 Å². The zero-order valence-corrected chi connectivity index (χ0v) is 18.5. The van der Waals surface area contributed by atoms with Crippen LogP contribution in [0.15, 0.2) is 48.5 Å². The van der Waals surface area contributed by atoms with Crippen molar-refractivity contribution in [3.05, 3.63) is 59.7 Å². The van der Waals surface area contributed by atoms with Gasteiger partial charge in [-0.05, 0) is 53.5 Å². The van der Waals surface area contributed by atoms with E-state index in [4.69, 9.17) is 26.4 Å². The van der Waals surface area contributed by atoms with Crippen molar-refractivity contribution < 1.29 is 19.0 Å². The van der Waals surface area contributed by atoms with Gasteiger partial charge in [-0.3, -0.25) is 10.1 Å². The van der Waals surface area contributed by atoms with Gasteiger partial charge in [0.1, 0.15) is 12.4 Å². The lowest BCUT2D eigenvalue weighted by Crippen LogP contribution is -2.40. The minimum Gasteiger partial charge on any atom is -0.493 e. The lowest BCUT2D eigenvalue weighted by Gasteiger charge is -2.14. The molecular formula is C23H28N2O4S. The van der Waals surface area contributed by atoms with Crippen molar-refractivity contribution in [1.29, 1.82) is 0 Å². The van der Waals surface area contributed by atoms with Crippen LogP contribution in [0.4, 0.5) is 0 Å². The highest BCUT2D eigenvalue weighted by molar-refractivity contribution is 7.80. The highest BCUT2D eigenvalue weighted by atomic mass is 32.1. The fraction of sp³-hybridized carbons (Fsp3) is 0.304. The van der Waals surface area contributed by atoms with Crippen molar-refractivity contribution in [1.82, 2.24) is 10.6 Å². The molecule has 0 aliphatic rings. The molecule has 0 saturated carbocycles. The fourth-order valence-electron chi connectivity index (χ4n) is 2.74. The second-order valence-corrected chi connectivity index (χ2v) is 7.14. The molecule has 0 heterocycles. The summed E-state index contributed by atoms with van der Waals surface area (Å²) < 4.78 is 16.3. The predicted molar refractivity (Wildman–Crippen MR) is 123 cm³/mol. The molecule has 2 N–H and O–H groups in total. The summed E-state index contributed by atoms with van der Waals surface area (Å²) in [6, 6.07) is 13.3. The van der Waals surface area contributed by atoms with Crippen molar-refractivity contribution in [3.8, 4) is 17.2 Å². The van der Waals surface area contributed by atoms with Gasteiger partial charge < -0.3 is 19.5 Å². The summed E-state index contributed by atoms with van der Waals surface area (Å²) in [6.45, 7) is 5.16. The summed E-state index contributed by atoms with van der Waals surface area (Å²) in [5.74, 6) is 2.14. The zero-order chi connectivity index (χ0) is 21.9. The Kier molecular flexibility index (Phi) is 9.15. The Labute approximate surface area is 183 Å². The fourth-order valence-corrected chi connectivity index (χ4v) is 2.94. The van der Waals surface area contributed by atoms with Crippen LogP contribution >= 0.6 is 12.2 Å². The monoisotopic (exact) mass is 428 g/mol. The van der Waals surface area contributed by atoms with Crippen molar-refractivity contribution in [2.45, 2.75) is 19.8 Å². The quantitative estimate of drug-likeness (QED) is 0.359. The Bertz CT molecular complexity index is 897. The largest absolute Gasteiger partial charge is 0.493 e. The lowest BCUT2D eigenvalue weighted by molar-refractivity contribution is -0.115. The molecule has 160 valence electrons. The van der Waals surface area contributed by atoms with E-state index in [-0.39, 0.29) is 11.0 Å². The Hall–Kier alpha value is -3.06. The van der Waals surface area contributed by atoms with Gasteiger partial charge in [0.15, 0.2) is 16.6 Å². The first kappa shape index (κ1) is 23.2. The molecule has 0 atom stereocenters. The number of hydrogen-bond acceptors (Lipinski definition) is 5. The average Bonchev–Trinajstić information content (AvgIpc) is 2.75. The molecule has 1 amide bonds. The molecule has 0 fully saturated rings. The van der Waals surface area contributed by atoms with Crippen LogP contribution in [0.25, 0.3) is 6.08 Å². The van der Waals surface area contributed by atoms with Gasteiger partial charge in [0.25, 0.3) is 0 Å². The molecule has 7 heteroatoms. The van der Waals surface area contributed by atoms with Crippen LogP contribution in [0.5, 0.6) is 17.2 Å². The molecule has 0 saturated heterocycles. The predicted octanol–water partition coefficient (Wildman–Crippen LogP) is 3.91. The first-order chi connectivity index (χ1) is 14.4. The number of carbonyl (C=O) groups is 1. The van der Waals surface area contributed by atoms with Gasteiger partial charge >= 0.3 is 0 Å². The van der Waals surface area contributed by atoms with E-state index in [0.717, 1.165) is 16.9 Å². The van der Waals surface area contributed by atoms with Crippen LogP contribution in [0.1, 0.15) is 30.9 Å². The smallest absolute Gasteiger partial charge is 0.250 e. The number of para-hydroxylation sites is 1. The van der Waals surface area contributed by atoms with Crippen molar-refractivity contribution in [3.63, 3.8) is 0 Å². The van der Waals surface area contributed by atoms with E-state index in [2.05, 4.69) is 30.5 Å². The van der Waals surface area contributed by atoms with E-state index in [1.165, 1.54) is 6.08 Å². The van der Waals surface area contributed by atoms with Gasteiger partial charge in [0, 0.05) is 6.08 Å². The number of benzene rings is 2. The lowest BCUT2D eigenvalue weighted by atomic mass is 10.0. The third kappa shape index (κ3) is 7.08. The normalized spacial score (nSPS) is 10.7. The molecule has 30 heavy (non-hydrogen) atoms. The van der Waals surface area contributed by atoms with Crippen molar-refractivity contribution in [2.24, 2.45) is 0 Å². The highest BCUT2D eigenvalue weighted by Crippen LogP contribution is 2.28. The zero-order valence-electron chi connectivity index (χ0n) is 17.7. The molecule has 0 spiro atoms. The van der Waals surface area contributed by atoms with Crippen LogP contribution in [0.2, 0.25) is 0 Å². The van der Waals surface area contributed by atoms with Gasteiger partial charge in [0.2, 0.25) is 5.91 Å². The van der Waals surface area contributed by atoms with E-state index < -0.39 is 0 Å². The third-order valence-corrected chi connectivity index (χ3v) is 4.50. The van der Waals surface area contributed by atoms with E-state index in [0.29, 0.717) is 30.6 Å². The Morgan fingerprint density at radius 3 is 2.50 bits per heavy atom. The molecule has 0 unspecified atom stereocenters. The number of carbonyl (C=O) groups excluding carboxylic acids is 1. The highest BCUT2D eigenvalue weighted by Gasteiger charge is 2.07.